The molecule has 0 N–H and O–H groups in total. The van der Waals surface area contributed by atoms with E-state index in [0.717, 1.165) is 0 Å². The van der Waals surface area contributed by atoms with Crippen molar-refractivity contribution in [3.63, 3.8) is 0 Å². The fourth-order valence-corrected chi connectivity index (χ4v) is 1.61. The molecule has 1 rings (SSSR count). The summed E-state index contributed by atoms with van der Waals surface area (Å²) in [4.78, 5) is 24.6. The van der Waals surface area contributed by atoms with Gasteiger partial charge in [0.25, 0.3) is 0 Å². The third kappa shape index (κ3) is 2.35. The van der Waals surface area contributed by atoms with Gasteiger partial charge in [-0.05, 0) is 0 Å². The highest BCUT2D eigenvalue weighted by atomic mass is 16.7. The number of nitrogens with zero attached hydrogens (tertiary/aromatic N) is 1. The second-order valence-electron chi connectivity index (χ2n) is 4.27. The Balaban J connectivity index is 2.71. The van der Waals surface area contributed by atoms with Gasteiger partial charge in [0.15, 0.2) is 6.29 Å². The van der Waals surface area contributed by atoms with Gasteiger partial charge in [-0.2, -0.15) is 0 Å². The molecular weight excluding hydrogens is 198 g/mol. The molecule has 0 atom stereocenters. The van der Waals surface area contributed by atoms with Crippen LogP contribution in [-0.4, -0.2) is 43.8 Å². The van der Waals surface area contributed by atoms with E-state index in [1.807, 2.05) is 0 Å². The summed E-state index contributed by atoms with van der Waals surface area (Å²) < 4.78 is 9.92. The number of hydrogen-bond acceptors (Lipinski definition) is 4. The van der Waals surface area contributed by atoms with Crippen molar-refractivity contribution >= 4 is 11.8 Å². The molecule has 5 heteroatoms. The van der Waals surface area contributed by atoms with Crippen molar-refractivity contribution in [2.75, 3.05) is 20.8 Å². The predicted octanol–water partition coefficient (Wildman–Crippen LogP) is 0.390. The van der Waals surface area contributed by atoms with Crippen LogP contribution in [0.4, 0.5) is 0 Å². The van der Waals surface area contributed by atoms with E-state index < -0.39 is 11.7 Å². The number of carbonyl (C=O) groups excluding carboxylic acids is 2. The van der Waals surface area contributed by atoms with Crippen LogP contribution in [0.2, 0.25) is 0 Å². The third-order valence-electron chi connectivity index (χ3n) is 2.58. The number of hydrogen-bond donors (Lipinski definition) is 0. The van der Waals surface area contributed by atoms with Crippen LogP contribution in [0.3, 0.4) is 0 Å². The maximum absolute atomic E-state index is 11.8. The first kappa shape index (κ1) is 12.1. The molecule has 5 nitrogen and oxygen atoms in total. The quantitative estimate of drug-likeness (QED) is 0.503. The van der Waals surface area contributed by atoms with Gasteiger partial charge in [0.1, 0.15) is 0 Å². The first-order chi connectivity index (χ1) is 6.92. The summed E-state index contributed by atoms with van der Waals surface area (Å²) in [6.07, 6.45) is -0.293. The Morgan fingerprint density at radius 3 is 2.20 bits per heavy atom. The molecule has 0 unspecified atom stereocenters. The lowest BCUT2D eigenvalue weighted by molar-refractivity contribution is -0.153. The minimum Gasteiger partial charge on any atom is -0.354 e. The van der Waals surface area contributed by atoms with Crippen LogP contribution in [0, 0.1) is 5.41 Å². The zero-order valence-corrected chi connectivity index (χ0v) is 9.57. The molecule has 0 radical (unpaired) electrons. The Bertz CT molecular complexity index is 271. The second kappa shape index (κ2) is 4.28. The summed E-state index contributed by atoms with van der Waals surface area (Å²) >= 11 is 0. The Kier molecular flexibility index (Phi) is 3.46. The zero-order valence-electron chi connectivity index (χ0n) is 9.57. The Morgan fingerprint density at radius 1 is 1.33 bits per heavy atom. The van der Waals surface area contributed by atoms with Crippen LogP contribution in [-0.2, 0) is 19.1 Å². The largest absolute Gasteiger partial charge is 0.354 e. The molecule has 2 amide bonds. The molecule has 0 aromatic heterocycles. The second-order valence-corrected chi connectivity index (χ2v) is 4.27. The van der Waals surface area contributed by atoms with E-state index in [0.29, 0.717) is 0 Å². The molecule has 0 spiro atoms. The lowest BCUT2D eigenvalue weighted by Gasteiger charge is -2.21. The van der Waals surface area contributed by atoms with Crippen molar-refractivity contribution < 1.29 is 19.1 Å². The van der Waals surface area contributed by atoms with E-state index in [2.05, 4.69) is 0 Å². The summed E-state index contributed by atoms with van der Waals surface area (Å²) in [6, 6.07) is 0. The molecular formula is C10H17NO4. The summed E-state index contributed by atoms with van der Waals surface area (Å²) in [7, 11) is 2.95. The summed E-state index contributed by atoms with van der Waals surface area (Å²) in [6.45, 7) is 3.69. The van der Waals surface area contributed by atoms with E-state index in [-0.39, 0.29) is 24.8 Å². The number of rotatable bonds is 4. The topological polar surface area (TPSA) is 55.8 Å². The van der Waals surface area contributed by atoms with Gasteiger partial charge in [-0.3, -0.25) is 14.5 Å². The maximum atomic E-state index is 11.8. The molecule has 1 heterocycles. The highest BCUT2D eigenvalue weighted by molar-refractivity contribution is 6.05. The van der Waals surface area contributed by atoms with Gasteiger partial charge in [0, 0.05) is 20.6 Å². The van der Waals surface area contributed by atoms with Crippen LogP contribution in [0.15, 0.2) is 0 Å². The predicted molar refractivity (Wildman–Crippen MR) is 52.9 cm³/mol. The van der Waals surface area contributed by atoms with Gasteiger partial charge in [-0.15, -0.1) is 0 Å². The first-order valence-electron chi connectivity index (χ1n) is 4.82. The monoisotopic (exact) mass is 215 g/mol. The van der Waals surface area contributed by atoms with Crippen molar-refractivity contribution in [3.8, 4) is 0 Å². The molecule has 0 saturated carbocycles. The lowest BCUT2D eigenvalue weighted by Crippen LogP contribution is -2.40. The number of carbonyl (C=O) groups is 2. The van der Waals surface area contributed by atoms with Gasteiger partial charge in [0.2, 0.25) is 11.8 Å². The van der Waals surface area contributed by atoms with Gasteiger partial charge >= 0.3 is 0 Å². The Hall–Kier alpha value is -0.940. The molecule has 1 aliphatic rings. The van der Waals surface area contributed by atoms with Crippen molar-refractivity contribution in [2.24, 2.45) is 5.41 Å². The fraction of sp³-hybridized carbons (Fsp3) is 0.800. The standard InChI is InChI=1S/C10H17NO4/c1-10(2)5-7(12)11(9(10)13)6-8(14-3)15-4/h8H,5-6H2,1-4H3. The molecule has 0 bridgehead atoms. The van der Waals surface area contributed by atoms with Gasteiger partial charge in [0.05, 0.1) is 12.0 Å². The fourth-order valence-electron chi connectivity index (χ4n) is 1.61. The van der Waals surface area contributed by atoms with Gasteiger partial charge in [-0.25, -0.2) is 0 Å². The highest BCUT2D eigenvalue weighted by Gasteiger charge is 2.45. The van der Waals surface area contributed by atoms with Gasteiger partial charge < -0.3 is 9.47 Å². The molecule has 1 fully saturated rings. The van der Waals surface area contributed by atoms with Crippen LogP contribution < -0.4 is 0 Å². The zero-order chi connectivity index (χ0) is 11.6. The van der Waals surface area contributed by atoms with Crippen molar-refractivity contribution in [3.05, 3.63) is 0 Å². The maximum Gasteiger partial charge on any atom is 0.235 e. The Labute approximate surface area is 89.3 Å². The highest BCUT2D eigenvalue weighted by Crippen LogP contribution is 2.31. The molecule has 1 aliphatic heterocycles. The minimum absolute atomic E-state index is 0.161. The van der Waals surface area contributed by atoms with E-state index in [1.54, 1.807) is 13.8 Å². The van der Waals surface area contributed by atoms with Crippen LogP contribution in [0.1, 0.15) is 20.3 Å². The first-order valence-corrected chi connectivity index (χ1v) is 4.82. The average Bonchev–Trinajstić information content (AvgIpc) is 2.35. The summed E-state index contributed by atoms with van der Waals surface area (Å²) in [5, 5.41) is 0. The number of likely N-dealkylation sites (tertiary alicyclic amines) is 1. The lowest BCUT2D eigenvalue weighted by atomic mass is 9.92. The smallest absolute Gasteiger partial charge is 0.235 e. The van der Waals surface area contributed by atoms with Crippen molar-refractivity contribution in [2.45, 2.75) is 26.6 Å². The molecule has 0 aliphatic carbocycles. The van der Waals surface area contributed by atoms with Crippen LogP contribution in [0.5, 0.6) is 0 Å². The number of ether oxygens (including phenoxy) is 2. The number of methoxy groups -OCH3 is 2. The number of amides is 2. The van der Waals surface area contributed by atoms with E-state index >= 15 is 0 Å². The summed E-state index contributed by atoms with van der Waals surface area (Å²) in [5.74, 6) is -0.323. The third-order valence-corrected chi connectivity index (χ3v) is 2.58. The van der Waals surface area contributed by atoms with Crippen LogP contribution in [0.25, 0.3) is 0 Å². The molecule has 0 aromatic rings. The van der Waals surface area contributed by atoms with E-state index in [1.165, 1.54) is 19.1 Å². The SMILES string of the molecule is COC(CN1C(=O)CC(C)(C)C1=O)OC. The van der Waals surface area contributed by atoms with Gasteiger partial charge in [-0.1, -0.05) is 13.8 Å². The van der Waals surface area contributed by atoms with Crippen molar-refractivity contribution in [1.82, 2.24) is 4.90 Å². The minimum atomic E-state index is -0.594. The Morgan fingerprint density at radius 2 is 1.87 bits per heavy atom. The molecule has 0 aromatic carbocycles. The van der Waals surface area contributed by atoms with E-state index in [9.17, 15) is 9.59 Å². The molecule has 1 saturated heterocycles. The van der Waals surface area contributed by atoms with Crippen LogP contribution >= 0.6 is 0 Å². The molecule has 86 valence electrons. The normalized spacial score (nSPS) is 20.5. The van der Waals surface area contributed by atoms with Crippen molar-refractivity contribution in [1.29, 1.82) is 0 Å². The average molecular weight is 215 g/mol. The molecule has 15 heavy (non-hydrogen) atoms. The van der Waals surface area contributed by atoms with E-state index in [4.69, 9.17) is 9.47 Å². The summed E-state index contributed by atoms with van der Waals surface area (Å²) in [5.41, 5.74) is -0.594. The number of imide groups is 1.